The van der Waals surface area contributed by atoms with Crippen molar-refractivity contribution in [1.29, 1.82) is 0 Å². The second kappa shape index (κ2) is 6.68. The largest absolute Gasteiger partial charge is 0.354 e. The van der Waals surface area contributed by atoms with Crippen molar-refractivity contribution < 1.29 is 4.79 Å². The molecule has 0 unspecified atom stereocenters. The lowest BCUT2D eigenvalue weighted by Crippen LogP contribution is -2.33. The average molecular weight is 258 g/mol. The molecule has 0 aliphatic carbocycles. The van der Waals surface area contributed by atoms with Gasteiger partial charge in [0, 0.05) is 37.3 Å². The lowest BCUT2D eigenvalue weighted by molar-refractivity contribution is -0.124. The van der Waals surface area contributed by atoms with E-state index in [1.165, 1.54) is 0 Å². The molecule has 0 aliphatic rings. The summed E-state index contributed by atoms with van der Waals surface area (Å²) in [5, 5.41) is 7.05. The number of nitrogens with one attached hydrogen (secondary N) is 1. The normalized spacial score (nSPS) is 12.1. The van der Waals surface area contributed by atoms with Crippen molar-refractivity contribution >= 4 is 5.91 Å². The van der Waals surface area contributed by atoms with E-state index in [1.807, 2.05) is 37.4 Å². The molecule has 100 valence electrons. The molecule has 1 atom stereocenters. The monoisotopic (exact) mass is 258 g/mol. The highest BCUT2D eigenvalue weighted by Gasteiger charge is 2.17. The van der Waals surface area contributed by atoms with E-state index >= 15 is 0 Å². The van der Waals surface area contributed by atoms with Crippen LogP contribution in [-0.2, 0) is 11.2 Å². The fourth-order valence-corrected chi connectivity index (χ4v) is 1.94. The lowest BCUT2D eigenvalue weighted by Gasteiger charge is -2.15. The van der Waals surface area contributed by atoms with E-state index in [1.54, 1.807) is 17.1 Å². The summed E-state index contributed by atoms with van der Waals surface area (Å²) in [6.07, 6.45) is 6.71. The van der Waals surface area contributed by atoms with E-state index in [9.17, 15) is 4.79 Å². The highest BCUT2D eigenvalue weighted by atomic mass is 16.2. The number of rotatable bonds is 6. The zero-order valence-corrected chi connectivity index (χ0v) is 11.0. The van der Waals surface area contributed by atoms with Gasteiger partial charge >= 0.3 is 0 Å². The third kappa shape index (κ3) is 3.64. The maximum Gasteiger partial charge on any atom is 0.244 e. The van der Waals surface area contributed by atoms with E-state index in [0.29, 0.717) is 6.54 Å². The molecule has 0 bridgehead atoms. The van der Waals surface area contributed by atoms with Crippen molar-refractivity contribution in [2.45, 2.75) is 25.8 Å². The molecule has 0 saturated carbocycles. The molecule has 0 aliphatic heterocycles. The van der Waals surface area contributed by atoms with Gasteiger partial charge in [0.25, 0.3) is 0 Å². The van der Waals surface area contributed by atoms with E-state index in [4.69, 9.17) is 0 Å². The Balaban J connectivity index is 1.84. The minimum atomic E-state index is -0.237. The van der Waals surface area contributed by atoms with Gasteiger partial charge in [-0.05, 0) is 24.6 Å². The molecule has 2 aromatic rings. The molecule has 0 spiro atoms. The summed E-state index contributed by atoms with van der Waals surface area (Å²) in [5.74, 6) is 0.00197. The van der Waals surface area contributed by atoms with Crippen LogP contribution in [0.1, 0.15) is 25.1 Å². The first-order valence-corrected chi connectivity index (χ1v) is 6.48. The van der Waals surface area contributed by atoms with Crippen molar-refractivity contribution in [3.05, 3.63) is 48.5 Å². The summed E-state index contributed by atoms with van der Waals surface area (Å²) >= 11 is 0. The molecule has 1 N–H and O–H groups in total. The second-order valence-corrected chi connectivity index (χ2v) is 4.27. The number of pyridine rings is 1. The Hall–Kier alpha value is -2.17. The van der Waals surface area contributed by atoms with Crippen molar-refractivity contribution in [2.75, 3.05) is 6.54 Å². The highest BCUT2D eigenvalue weighted by molar-refractivity contribution is 5.80. The van der Waals surface area contributed by atoms with Gasteiger partial charge in [-0.15, -0.1) is 0 Å². The van der Waals surface area contributed by atoms with Crippen LogP contribution < -0.4 is 5.32 Å². The SMILES string of the molecule is CC[C@@H](C(=O)NCCc1ccccn1)n1cccn1. The lowest BCUT2D eigenvalue weighted by atomic mass is 10.2. The zero-order valence-electron chi connectivity index (χ0n) is 11.0. The second-order valence-electron chi connectivity index (χ2n) is 4.27. The Labute approximate surface area is 112 Å². The number of nitrogens with zero attached hydrogens (tertiary/aromatic N) is 3. The van der Waals surface area contributed by atoms with Gasteiger partial charge in [-0.2, -0.15) is 5.10 Å². The summed E-state index contributed by atoms with van der Waals surface area (Å²) in [4.78, 5) is 16.3. The minimum Gasteiger partial charge on any atom is -0.354 e. The topological polar surface area (TPSA) is 59.8 Å². The van der Waals surface area contributed by atoms with Crippen LogP contribution in [0, 0.1) is 0 Å². The van der Waals surface area contributed by atoms with Crippen LogP contribution in [-0.4, -0.2) is 27.2 Å². The summed E-state index contributed by atoms with van der Waals surface area (Å²) in [6, 6.07) is 7.37. The first-order valence-electron chi connectivity index (χ1n) is 6.48. The molecule has 0 radical (unpaired) electrons. The van der Waals surface area contributed by atoms with Crippen LogP contribution in [0.3, 0.4) is 0 Å². The molecule has 5 nitrogen and oxygen atoms in total. The van der Waals surface area contributed by atoms with Gasteiger partial charge in [0.1, 0.15) is 6.04 Å². The van der Waals surface area contributed by atoms with Crippen molar-refractivity contribution in [3.8, 4) is 0 Å². The average Bonchev–Trinajstić information content (AvgIpc) is 2.95. The fourth-order valence-electron chi connectivity index (χ4n) is 1.94. The molecule has 0 fully saturated rings. The van der Waals surface area contributed by atoms with Crippen LogP contribution in [0.25, 0.3) is 0 Å². The molecular weight excluding hydrogens is 240 g/mol. The van der Waals surface area contributed by atoms with E-state index < -0.39 is 0 Å². The number of hydrogen-bond acceptors (Lipinski definition) is 3. The first-order chi connectivity index (χ1) is 9.31. The third-order valence-electron chi connectivity index (χ3n) is 2.94. The van der Waals surface area contributed by atoms with Gasteiger partial charge in [0.15, 0.2) is 0 Å². The van der Waals surface area contributed by atoms with Crippen LogP contribution in [0.4, 0.5) is 0 Å². The Morgan fingerprint density at radius 2 is 2.26 bits per heavy atom. The Kier molecular flexibility index (Phi) is 4.66. The van der Waals surface area contributed by atoms with Crippen molar-refractivity contribution in [2.24, 2.45) is 0 Å². The number of aromatic nitrogens is 3. The molecule has 0 saturated heterocycles. The maximum absolute atomic E-state index is 12.1. The molecular formula is C14H18N4O. The van der Waals surface area contributed by atoms with E-state index in [2.05, 4.69) is 15.4 Å². The predicted octanol–water partition coefficient (Wildman–Crippen LogP) is 1.59. The van der Waals surface area contributed by atoms with Crippen LogP contribution in [0.5, 0.6) is 0 Å². The third-order valence-corrected chi connectivity index (χ3v) is 2.94. The van der Waals surface area contributed by atoms with E-state index in [-0.39, 0.29) is 11.9 Å². The summed E-state index contributed by atoms with van der Waals surface area (Å²) < 4.78 is 1.69. The molecule has 1 amide bonds. The van der Waals surface area contributed by atoms with Crippen LogP contribution >= 0.6 is 0 Å². The quantitative estimate of drug-likeness (QED) is 0.856. The van der Waals surface area contributed by atoms with Gasteiger partial charge < -0.3 is 5.32 Å². The van der Waals surface area contributed by atoms with Gasteiger partial charge in [-0.25, -0.2) is 0 Å². The highest BCUT2D eigenvalue weighted by Crippen LogP contribution is 2.09. The Bertz CT molecular complexity index is 495. The summed E-state index contributed by atoms with van der Waals surface area (Å²) in [7, 11) is 0. The van der Waals surface area contributed by atoms with Gasteiger partial charge in [-0.1, -0.05) is 13.0 Å². The number of carbonyl (C=O) groups is 1. The molecule has 2 aromatic heterocycles. The summed E-state index contributed by atoms with van der Waals surface area (Å²) in [6.45, 7) is 2.57. The molecule has 2 rings (SSSR count). The Morgan fingerprint density at radius 3 is 2.89 bits per heavy atom. The fraction of sp³-hybridized carbons (Fsp3) is 0.357. The number of hydrogen-bond donors (Lipinski definition) is 1. The van der Waals surface area contributed by atoms with Crippen molar-refractivity contribution in [1.82, 2.24) is 20.1 Å². The standard InChI is InChI=1S/C14H18N4O/c1-2-13(18-11-5-9-17-18)14(19)16-10-7-12-6-3-4-8-15-12/h3-6,8-9,11,13H,2,7,10H2,1H3,(H,16,19)/t13-/m0/s1. The first kappa shape index (κ1) is 13.3. The van der Waals surface area contributed by atoms with Crippen LogP contribution in [0.2, 0.25) is 0 Å². The van der Waals surface area contributed by atoms with Crippen molar-refractivity contribution in [3.63, 3.8) is 0 Å². The predicted molar refractivity (Wildman–Crippen MR) is 72.5 cm³/mol. The Morgan fingerprint density at radius 1 is 1.37 bits per heavy atom. The van der Waals surface area contributed by atoms with Crippen LogP contribution in [0.15, 0.2) is 42.9 Å². The molecule has 2 heterocycles. The van der Waals surface area contributed by atoms with Gasteiger partial charge in [0.05, 0.1) is 0 Å². The van der Waals surface area contributed by atoms with Gasteiger partial charge in [0.2, 0.25) is 5.91 Å². The van der Waals surface area contributed by atoms with Gasteiger partial charge in [-0.3, -0.25) is 14.5 Å². The molecule has 19 heavy (non-hydrogen) atoms. The molecule has 5 heteroatoms. The smallest absolute Gasteiger partial charge is 0.244 e. The summed E-state index contributed by atoms with van der Waals surface area (Å²) in [5.41, 5.74) is 0.981. The number of carbonyl (C=O) groups excluding carboxylic acids is 1. The maximum atomic E-state index is 12.1. The zero-order chi connectivity index (χ0) is 13.5. The number of amides is 1. The minimum absolute atomic E-state index is 0.00197. The van der Waals surface area contributed by atoms with E-state index in [0.717, 1.165) is 18.5 Å². The molecule has 0 aromatic carbocycles.